The lowest BCUT2D eigenvalue weighted by Gasteiger charge is -2.35. The molecule has 2 amide bonds. The van der Waals surface area contributed by atoms with Gasteiger partial charge in [-0.1, -0.05) is 43.2 Å². The monoisotopic (exact) mass is 420 g/mol. The summed E-state index contributed by atoms with van der Waals surface area (Å²) < 4.78 is 5.45. The first kappa shape index (κ1) is 21.4. The average Bonchev–Trinajstić information content (AvgIpc) is 3.32. The second kappa shape index (κ2) is 9.54. The first-order valence-corrected chi connectivity index (χ1v) is 11.5. The highest BCUT2D eigenvalue weighted by Crippen LogP contribution is 2.41. The van der Waals surface area contributed by atoms with Crippen LogP contribution in [0.15, 0.2) is 54.6 Å². The number of nitrogens with zero attached hydrogens (tertiary/aromatic N) is 1. The molecule has 2 aromatic rings. The van der Waals surface area contributed by atoms with Crippen molar-refractivity contribution in [3.63, 3.8) is 0 Å². The lowest BCUT2D eigenvalue weighted by Crippen LogP contribution is -2.51. The molecule has 2 aliphatic rings. The normalized spacial score (nSPS) is 18.5. The third-order valence-electron chi connectivity index (χ3n) is 6.75. The third kappa shape index (κ3) is 4.60. The van der Waals surface area contributed by atoms with Crippen LogP contribution in [0.4, 0.5) is 0 Å². The van der Waals surface area contributed by atoms with Crippen LogP contribution in [0.25, 0.3) is 0 Å². The van der Waals surface area contributed by atoms with E-state index in [1.54, 1.807) is 0 Å². The van der Waals surface area contributed by atoms with Gasteiger partial charge < -0.3 is 15.0 Å². The summed E-state index contributed by atoms with van der Waals surface area (Å²) >= 11 is 0. The zero-order valence-corrected chi connectivity index (χ0v) is 18.3. The summed E-state index contributed by atoms with van der Waals surface area (Å²) in [7, 11) is 0. The maximum absolute atomic E-state index is 13.4. The quantitative estimate of drug-likeness (QED) is 0.757. The van der Waals surface area contributed by atoms with Crippen LogP contribution in [-0.2, 0) is 10.2 Å². The third-order valence-corrected chi connectivity index (χ3v) is 6.75. The van der Waals surface area contributed by atoms with E-state index < -0.39 is 5.41 Å². The molecule has 1 aliphatic carbocycles. The Morgan fingerprint density at radius 2 is 1.65 bits per heavy atom. The number of likely N-dealkylation sites (tertiary alicyclic amines) is 1. The van der Waals surface area contributed by atoms with Gasteiger partial charge in [-0.2, -0.15) is 0 Å². The van der Waals surface area contributed by atoms with Crippen LogP contribution >= 0.6 is 0 Å². The SMILES string of the molecule is CCOc1ccc(C(=O)N2CCC(NC(=O)C3(c4ccccc4)CCCC3)CC2)cc1. The Kier molecular flexibility index (Phi) is 6.59. The molecule has 5 heteroatoms. The van der Waals surface area contributed by atoms with Crippen molar-refractivity contribution in [1.82, 2.24) is 10.2 Å². The highest BCUT2D eigenvalue weighted by atomic mass is 16.5. The summed E-state index contributed by atoms with van der Waals surface area (Å²) in [6, 6.07) is 17.7. The minimum atomic E-state index is -0.392. The molecule has 0 bridgehead atoms. The van der Waals surface area contributed by atoms with Gasteiger partial charge in [0.2, 0.25) is 5.91 Å². The summed E-state index contributed by atoms with van der Waals surface area (Å²) in [6.45, 7) is 3.87. The van der Waals surface area contributed by atoms with Crippen LogP contribution in [0.5, 0.6) is 5.75 Å². The number of ether oxygens (including phenoxy) is 1. The summed E-state index contributed by atoms with van der Waals surface area (Å²) in [4.78, 5) is 28.1. The van der Waals surface area contributed by atoms with Gasteiger partial charge in [-0.25, -0.2) is 0 Å². The van der Waals surface area contributed by atoms with Gasteiger partial charge >= 0.3 is 0 Å². The topological polar surface area (TPSA) is 58.6 Å². The molecule has 5 nitrogen and oxygen atoms in total. The molecule has 4 rings (SSSR count). The molecule has 0 atom stereocenters. The predicted octanol–water partition coefficient (Wildman–Crippen LogP) is 4.32. The Bertz CT molecular complexity index is 881. The zero-order chi connectivity index (χ0) is 21.7. The van der Waals surface area contributed by atoms with E-state index in [2.05, 4.69) is 17.4 Å². The molecule has 0 unspecified atom stereocenters. The van der Waals surface area contributed by atoms with Gasteiger partial charge in [0, 0.05) is 24.7 Å². The van der Waals surface area contributed by atoms with Gasteiger partial charge in [0.15, 0.2) is 0 Å². The number of rotatable bonds is 6. The van der Waals surface area contributed by atoms with E-state index in [-0.39, 0.29) is 17.9 Å². The van der Waals surface area contributed by atoms with E-state index in [4.69, 9.17) is 4.74 Å². The zero-order valence-electron chi connectivity index (χ0n) is 18.3. The molecule has 2 aromatic carbocycles. The highest BCUT2D eigenvalue weighted by Gasteiger charge is 2.43. The van der Waals surface area contributed by atoms with Crippen molar-refractivity contribution in [2.75, 3.05) is 19.7 Å². The van der Waals surface area contributed by atoms with Gasteiger partial charge in [-0.05, 0) is 62.4 Å². The molecule has 31 heavy (non-hydrogen) atoms. The minimum Gasteiger partial charge on any atom is -0.494 e. The number of carbonyl (C=O) groups excluding carboxylic acids is 2. The molecular weight excluding hydrogens is 388 g/mol. The van der Waals surface area contributed by atoms with Crippen molar-refractivity contribution >= 4 is 11.8 Å². The van der Waals surface area contributed by atoms with Crippen LogP contribution in [-0.4, -0.2) is 42.5 Å². The predicted molar refractivity (Wildman–Crippen MR) is 121 cm³/mol. The van der Waals surface area contributed by atoms with Crippen molar-refractivity contribution in [2.24, 2.45) is 0 Å². The van der Waals surface area contributed by atoms with Crippen molar-refractivity contribution < 1.29 is 14.3 Å². The Balaban J connectivity index is 1.34. The van der Waals surface area contributed by atoms with E-state index >= 15 is 0 Å². The number of carbonyl (C=O) groups is 2. The summed E-state index contributed by atoms with van der Waals surface area (Å²) in [6.07, 6.45) is 5.60. The fraction of sp³-hybridized carbons (Fsp3) is 0.462. The second-order valence-corrected chi connectivity index (χ2v) is 8.65. The molecule has 1 N–H and O–H groups in total. The fourth-order valence-corrected chi connectivity index (χ4v) is 4.98. The number of piperidine rings is 1. The largest absolute Gasteiger partial charge is 0.494 e. The molecule has 1 saturated carbocycles. The van der Waals surface area contributed by atoms with E-state index in [1.807, 2.05) is 54.3 Å². The number of hydrogen-bond donors (Lipinski definition) is 1. The minimum absolute atomic E-state index is 0.0457. The summed E-state index contributed by atoms with van der Waals surface area (Å²) in [5.41, 5.74) is 1.42. The van der Waals surface area contributed by atoms with Crippen LogP contribution in [0.1, 0.15) is 61.4 Å². The average molecular weight is 421 g/mol. The molecule has 1 saturated heterocycles. The first-order valence-electron chi connectivity index (χ1n) is 11.5. The fourth-order valence-electron chi connectivity index (χ4n) is 4.98. The van der Waals surface area contributed by atoms with Gasteiger partial charge in [0.25, 0.3) is 5.91 Å². The number of benzene rings is 2. The molecule has 2 fully saturated rings. The Labute approximate surface area is 184 Å². The number of hydrogen-bond acceptors (Lipinski definition) is 3. The molecular formula is C26H32N2O3. The molecule has 0 radical (unpaired) electrons. The van der Waals surface area contributed by atoms with E-state index in [9.17, 15) is 9.59 Å². The standard InChI is InChI=1S/C26H32N2O3/c1-2-31-23-12-10-20(11-13-23)24(29)28-18-14-22(15-19-28)27-25(30)26(16-6-7-17-26)21-8-4-3-5-9-21/h3-5,8-13,22H,2,6-7,14-19H2,1H3,(H,27,30). The van der Waals surface area contributed by atoms with Gasteiger partial charge in [0.05, 0.1) is 12.0 Å². The summed E-state index contributed by atoms with van der Waals surface area (Å²) in [5, 5.41) is 3.33. The van der Waals surface area contributed by atoms with E-state index in [0.717, 1.165) is 49.8 Å². The van der Waals surface area contributed by atoms with Crippen LogP contribution < -0.4 is 10.1 Å². The lowest BCUT2D eigenvalue weighted by atomic mass is 9.77. The maximum atomic E-state index is 13.4. The van der Waals surface area contributed by atoms with Crippen LogP contribution in [0, 0.1) is 0 Å². The Morgan fingerprint density at radius 1 is 1.00 bits per heavy atom. The van der Waals surface area contributed by atoms with Gasteiger partial charge in [-0.15, -0.1) is 0 Å². The molecule has 164 valence electrons. The Morgan fingerprint density at radius 3 is 2.26 bits per heavy atom. The lowest BCUT2D eigenvalue weighted by molar-refractivity contribution is -0.127. The van der Waals surface area contributed by atoms with Crippen LogP contribution in [0.3, 0.4) is 0 Å². The Hall–Kier alpha value is -2.82. The first-order chi connectivity index (χ1) is 15.1. The second-order valence-electron chi connectivity index (χ2n) is 8.65. The van der Waals surface area contributed by atoms with Crippen LogP contribution in [0.2, 0.25) is 0 Å². The molecule has 1 heterocycles. The van der Waals surface area contributed by atoms with Gasteiger partial charge in [0.1, 0.15) is 5.75 Å². The highest BCUT2D eigenvalue weighted by molar-refractivity contribution is 5.94. The maximum Gasteiger partial charge on any atom is 0.253 e. The van der Waals surface area contributed by atoms with Crippen molar-refractivity contribution in [3.05, 3.63) is 65.7 Å². The molecule has 0 spiro atoms. The van der Waals surface area contributed by atoms with Crippen molar-refractivity contribution in [3.8, 4) is 5.75 Å². The summed E-state index contributed by atoms with van der Waals surface area (Å²) in [5.74, 6) is 0.983. The number of nitrogens with one attached hydrogen (secondary N) is 1. The van der Waals surface area contributed by atoms with Gasteiger partial charge in [-0.3, -0.25) is 9.59 Å². The van der Waals surface area contributed by atoms with Crippen molar-refractivity contribution in [1.29, 1.82) is 0 Å². The van der Waals surface area contributed by atoms with E-state index in [0.29, 0.717) is 25.3 Å². The smallest absolute Gasteiger partial charge is 0.253 e. The van der Waals surface area contributed by atoms with E-state index in [1.165, 1.54) is 0 Å². The molecule has 1 aliphatic heterocycles. The number of amides is 2. The molecule has 0 aromatic heterocycles. The van der Waals surface area contributed by atoms with Crippen molar-refractivity contribution in [2.45, 2.75) is 56.9 Å².